The van der Waals surface area contributed by atoms with Crippen LogP contribution in [0.3, 0.4) is 0 Å². The smallest absolute Gasteiger partial charge is 0.313 e. The first kappa shape index (κ1) is 119. The largest absolute Gasteiger partial charge is 0.466 e. The number of aliphatic hydroxyl groups is 2. The quantitative estimate of drug-likeness (QED) is 0.150. The maximum atomic E-state index is 11.3. The Morgan fingerprint density at radius 2 is 0.883 bits per heavy atom. The summed E-state index contributed by atoms with van der Waals surface area (Å²) in [7, 11) is 0. The molecular weight excluding hydrogens is 1650 g/mol. The number of ether oxygens (including phenoxy) is 13. The lowest BCUT2D eigenvalue weighted by Gasteiger charge is -2.44. The van der Waals surface area contributed by atoms with Crippen molar-refractivity contribution in [3.63, 3.8) is 0 Å². The van der Waals surface area contributed by atoms with E-state index in [1.165, 1.54) is 0 Å². The van der Waals surface area contributed by atoms with E-state index in [1.807, 2.05) is 159 Å². The van der Waals surface area contributed by atoms with E-state index < -0.39 is 11.2 Å². The lowest BCUT2D eigenvalue weighted by atomic mass is 9.65. The Balaban J connectivity index is 0.000000694. The van der Waals surface area contributed by atoms with Crippen LogP contribution in [0.25, 0.3) is 0 Å². The molecule has 5 atom stereocenters. The van der Waals surface area contributed by atoms with Crippen LogP contribution in [0.4, 0.5) is 0 Å². The molecule has 0 aromatic carbocycles. The summed E-state index contributed by atoms with van der Waals surface area (Å²) < 4.78 is 64.0. The summed E-state index contributed by atoms with van der Waals surface area (Å²) in [6, 6.07) is 0. The van der Waals surface area contributed by atoms with E-state index in [-0.39, 0.29) is 195 Å². The highest BCUT2D eigenvalue weighted by molar-refractivity contribution is 5.81. The molecule has 5 unspecified atom stereocenters. The molecule has 740 valence electrons. The van der Waals surface area contributed by atoms with Crippen LogP contribution in [-0.2, 0) is 124 Å². The molecule has 0 aliphatic carbocycles. The highest BCUT2D eigenvalue weighted by Gasteiger charge is 2.52. The Kier molecular flexibility index (Phi) is 42.2. The summed E-state index contributed by atoms with van der Waals surface area (Å²) in [5.74, 6) is -1.16. The SMILES string of the molecule is C=C(C1CCOC1=O)C(C)(C)C.CC(C)(O)C1COC(=O)C1.CC1(C)CC(=O)OC1(C)C.CC1(C)CC(C)(C)C(=O)O1.CC1(C)CCCOC1=O.CC1(C)CCOC(=O)C1.CC1(C)CCOC(=O)C1(C)C.CC1(C)CCOC1=O.CC1(C)COC(=O)C1.CC1(C)COC(=O)CC1(C)C.CC1(CCO)CC(C)(C)C(=O)O1.CC1CC(C)(C)C(=O)O1.CC1OC(=O)CC1(C)C. The Bertz CT molecular complexity index is 3760. The van der Waals surface area contributed by atoms with Crippen LogP contribution >= 0.6 is 0 Å². The molecule has 0 spiro atoms. The Morgan fingerprint density at radius 1 is 0.406 bits per heavy atom. The molecule has 0 aromatic heterocycles. The zero-order valence-electron chi connectivity index (χ0n) is 86.2. The predicted octanol–water partition coefficient (Wildman–Crippen LogP) is 18.3. The molecule has 0 radical (unpaired) electrons. The van der Waals surface area contributed by atoms with Gasteiger partial charge < -0.3 is 71.8 Å². The predicted molar refractivity (Wildman–Crippen MR) is 486 cm³/mol. The van der Waals surface area contributed by atoms with Crippen LogP contribution in [0, 0.1) is 87.6 Å². The Morgan fingerprint density at radius 3 is 1.12 bits per heavy atom. The molecule has 28 heteroatoms. The summed E-state index contributed by atoms with van der Waals surface area (Å²) in [5, 5.41) is 18.2. The average Bonchev–Trinajstić information content (AvgIpc) is 0.947. The minimum atomic E-state index is -0.786. The molecule has 13 aliphatic heterocycles. The van der Waals surface area contributed by atoms with Crippen molar-refractivity contribution in [3.05, 3.63) is 12.2 Å². The van der Waals surface area contributed by atoms with Crippen LogP contribution in [0.5, 0.6) is 0 Å². The third kappa shape index (κ3) is 38.5. The standard InChI is InChI=1S/C10H16O2.C9H16O3.2C9H16O2.2C8H14O2.C7H12O3.4C7H12O2.2C6H10O2/c1-7(10(2,3)4)8-5-6-12-9(8)11;1-8(2)6-9(3,4-5-10)12-7(8)11;1-8(2)5-7(10)11-6-9(8,3)4;1-8(2)5-6-11-7(10)9(8,3)4;1-7(2)5-8(3,4)10-6(7)9;1-7(2)5-6(9)10-8(7,3)4;1-7(2,9)5-3-6(8)10-4-5;1-5-7(2,3)4-6(8)9-5;1-5-4-7(2,3)6(8)9-5;1-7(2)3-4-9-6(8)5-7;1-7(2)4-3-5-9-6(7)8;1-6(2)3-5(7)8-4-6;1-6(2)3-4-8-5(6)7/h8H,1,5-6H2,2-4H3;10H,4-6H2,1-3H3;2*5-6H2,1-4H3;2*5H2,1-4H3;5,9H,3-4H2,1-2H3;2*5H,4H2,1-3H3;2*3-5H2,1-2H3;2*3-4H2,1-2H3. The topological polar surface area (TPSA) is 382 Å². The van der Waals surface area contributed by atoms with Crippen LogP contribution in [-0.4, -0.2) is 182 Å². The first-order valence-electron chi connectivity index (χ1n) is 45.7. The lowest BCUT2D eigenvalue weighted by Crippen LogP contribution is -2.45. The zero-order chi connectivity index (χ0) is 100. The van der Waals surface area contributed by atoms with Crippen molar-refractivity contribution in [1.82, 2.24) is 0 Å². The van der Waals surface area contributed by atoms with E-state index in [9.17, 15) is 67.4 Å². The molecule has 2 N–H and O–H groups in total. The van der Waals surface area contributed by atoms with Gasteiger partial charge in [-0.3, -0.25) is 62.3 Å². The number of aliphatic hydroxyl groups excluding tert-OH is 1. The summed E-state index contributed by atoms with van der Waals surface area (Å²) in [4.78, 5) is 141. The van der Waals surface area contributed by atoms with E-state index >= 15 is 0 Å². The second kappa shape index (κ2) is 45.5. The number of hydrogen-bond donors (Lipinski definition) is 2. The third-order valence-electron chi connectivity index (χ3n) is 26.9. The molecule has 13 heterocycles. The third-order valence-corrected chi connectivity index (χ3v) is 26.9. The Hall–Kier alpha value is -7.23. The maximum absolute atomic E-state index is 11.3. The van der Waals surface area contributed by atoms with Crippen molar-refractivity contribution >= 4 is 77.6 Å². The monoisotopic (exact) mass is 1820 g/mol. The fraction of sp³-hybridized carbons (Fsp3) is 0.850. The van der Waals surface area contributed by atoms with Crippen LogP contribution in [0.1, 0.15) is 366 Å². The first-order chi connectivity index (χ1) is 57.2. The van der Waals surface area contributed by atoms with E-state index in [0.29, 0.717) is 104 Å². The second-order valence-corrected chi connectivity index (χ2v) is 48.0. The molecule has 128 heavy (non-hydrogen) atoms. The van der Waals surface area contributed by atoms with Crippen molar-refractivity contribution in [1.29, 1.82) is 0 Å². The van der Waals surface area contributed by atoms with Crippen LogP contribution in [0.15, 0.2) is 12.2 Å². The number of rotatable bonds is 4. The highest BCUT2D eigenvalue weighted by atomic mass is 16.6. The van der Waals surface area contributed by atoms with Gasteiger partial charge in [-0.05, 0) is 212 Å². The van der Waals surface area contributed by atoms with Gasteiger partial charge in [-0.1, -0.05) is 130 Å². The van der Waals surface area contributed by atoms with Crippen molar-refractivity contribution in [3.8, 4) is 0 Å². The van der Waals surface area contributed by atoms with Gasteiger partial charge in [-0.25, -0.2) is 0 Å². The molecule has 0 bridgehead atoms. The second-order valence-electron chi connectivity index (χ2n) is 48.0. The summed E-state index contributed by atoms with van der Waals surface area (Å²) in [6.45, 7) is 83.8. The van der Waals surface area contributed by atoms with Crippen molar-refractivity contribution < 1.29 is 134 Å². The number of carbonyl (C=O) groups excluding carboxylic acids is 13. The van der Waals surface area contributed by atoms with Gasteiger partial charge in [0.25, 0.3) is 0 Å². The lowest BCUT2D eigenvalue weighted by molar-refractivity contribution is -0.172. The maximum Gasteiger partial charge on any atom is 0.313 e. The van der Waals surface area contributed by atoms with Gasteiger partial charge in [0.05, 0.1) is 135 Å². The van der Waals surface area contributed by atoms with Gasteiger partial charge in [0, 0.05) is 53.4 Å². The Labute approximate surface area is 767 Å². The molecule has 13 saturated heterocycles. The summed E-state index contributed by atoms with van der Waals surface area (Å²) in [6.07, 6.45) is 11.9. The van der Waals surface area contributed by atoms with Gasteiger partial charge in [-0.2, -0.15) is 0 Å². The first-order valence-corrected chi connectivity index (χ1v) is 45.7. The van der Waals surface area contributed by atoms with E-state index in [0.717, 1.165) is 56.9 Å². The molecule has 0 saturated carbocycles. The van der Waals surface area contributed by atoms with Crippen molar-refractivity contribution in [2.24, 2.45) is 87.6 Å². The number of hydrogen-bond acceptors (Lipinski definition) is 28. The molecule has 13 fully saturated rings. The molecule has 13 rings (SSSR count). The van der Waals surface area contributed by atoms with Gasteiger partial charge >= 0.3 is 77.6 Å². The van der Waals surface area contributed by atoms with Gasteiger partial charge in [0.2, 0.25) is 0 Å². The molecule has 0 amide bonds. The van der Waals surface area contributed by atoms with E-state index in [4.69, 9.17) is 66.7 Å². The molecular formula is C100H172O28. The van der Waals surface area contributed by atoms with Gasteiger partial charge in [0.15, 0.2) is 0 Å². The molecule has 13 aliphatic rings. The van der Waals surface area contributed by atoms with Crippen LogP contribution in [0.2, 0.25) is 0 Å². The van der Waals surface area contributed by atoms with Crippen molar-refractivity contribution in [2.75, 3.05) is 59.5 Å². The normalized spacial score (nSPS) is 28.0. The summed E-state index contributed by atoms with van der Waals surface area (Å²) in [5.41, 5.74) is -1.86. The fourth-order valence-corrected chi connectivity index (χ4v) is 14.5. The van der Waals surface area contributed by atoms with E-state index in [1.54, 1.807) is 13.8 Å². The van der Waals surface area contributed by atoms with Gasteiger partial charge in [-0.15, -0.1) is 0 Å². The fourth-order valence-electron chi connectivity index (χ4n) is 14.5. The minimum absolute atomic E-state index is 0.00796. The van der Waals surface area contributed by atoms with E-state index in [2.05, 4.69) is 96.6 Å². The molecule has 0 aromatic rings. The van der Waals surface area contributed by atoms with Gasteiger partial charge in [0.1, 0.15) is 29.0 Å². The average molecular weight is 1820 g/mol. The number of esters is 13. The zero-order valence-corrected chi connectivity index (χ0v) is 86.2. The van der Waals surface area contributed by atoms with Crippen LogP contribution < -0.4 is 0 Å². The summed E-state index contributed by atoms with van der Waals surface area (Å²) >= 11 is 0. The number of cyclic esters (lactones) is 13. The molecule has 28 nitrogen and oxygen atoms in total. The number of carbonyl (C=O) groups is 13. The minimum Gasteiger partial charge on any atom is -0.466 e. The van der Waals surface area contributed by atoms with Crippen molar-refractivity contribution in [2.45, 2.75) is 400 Å². The highest BCUT2D eigenvalue weighted by Crippen LogP contribution is 2.48.